The number of rotatable bonds is 7. The number of sulfone groups is 1. The number of carbonyl (C=O) groups is 2. The highest BCUT2D eigenvalue weighted by molar-refractivity contribution is 7.91. The molecule has 0 aliphatic heterocycles. The van der Waals surface area contributed by atoms with E-state index in [-0.39, 0.29) is 23.7 Å². The standard InChI is InChI=1S/C20H18ClN3O5S/c21-15-3-5-16(6-4-15)30(27,28)18(17-2-1-11-29-17)13-24-20(26)19(25)23-12-14-7-9-22-10-8-14/h1-11,18H,12-13H2,(H,23,25)(H,24,26). The van der Waals surface area contributed by atoms with Crippen molar-refractivity contribution in [2.24, 2.45) is 0 Å². The fourth-order valence-corrected chi connectivity index (χ4v) is 4.37. The van der Waals surface area contributed by atoms with Crippen LogP contribution < -0.4 is 10.6 Å². The van der Waals surface area contributed by atoms with Gasteiger partial charge in [0.25, 0.3) is 0 Å². The fourth-order valence-electron chi connectivity index (χ4n) is 2.66. The maximum absolute atomic E-state index is 13.1. The van der Waals surface area contributed by atoms with E-state index in [1.165, 1.54) is 36.6 Å². The summed E-state index contributed by atoms with van der Waals surface area (Å²) in [4.78, 5) is 28.1. The SMILES string of the molecule is O=C(NCc1ccncc1)C(=O)NCC(c1ccco1)S(=O)(=O)c1ccc(Cl)cc1. The highest BCUT2D eigenvalue weighted by atomic mass is 35.5. The highest BCUT2D eigenvalue weighted by Gasteiger charge is 2.32. The lowest BCUT2D eigenvalue weighted by Crippen LogP contribution is -2.42. The molecule has 0 spiro atoms. The van der Waals surface area contributed by atoms with Crippen molar-refractivity contribution in [3.63, 3.8) is 0 Å². The molecule has 0 saturated carbocycles. The summed E-state index contributed by atoms with van der Waals surface area (Å²) in [6.07, 6.45) is 4.47. The Bertz CT molecular complexity index is 1100. The first kappa shape index (κ1) is 21.5. The van der Waals surface area contributed by atoms with Crippen molar-refractivity contribution in [2.45, 2.75) is 16.7 Å². The summed E-state index contributed by atoms with van der Waals surface area (Å²) >= 11 is 5.83. The van der Waals surface area contributed by atoms with Gasteiger partial charge >= 0.3 is 11.8 Å². The molecule has 2 N–H and O–H groups in total. The van der Waals surface area contributed by atoms with E-state index in [0.717, 1.165) is 5.56 Å². The van der Waals surface area contributed by atoms with Gasteiger partial charge in [0.15, 0.2) is 9.84 Å². The van der Waals surface area contributed by atoms with Crippen molar-refractivity contribution >= 4 is 33.3 Å². The lowest BCUT2D eigenvalue weighted by molar-refractivity contribution is -0.139. The molecule has 1 unspecified atom stereocenters. The van der Waals surface area contributed by atoms with Crippen molar-refractivity contribution in [1.82, 2.24) is 15.6 Å². The van der Waals surface area contributed by atoms with Crippen molar-refractivity contribution < 1.29 is 22.4 Å². The van der Waals surface area contributed by atoms with Crippen LogP contribution in [0.3, 0.4) is 0 Å². The Labute approximate surface area is 178 Å². The Kier molecular flexibility index (Phi) is 6.86. The molecule has 30 heavy (non-hydrogen) atoms. The number of aromatic nitrogens is 1. The van der Waals surface area contributed by atoms with Crippen LogP contribution in [0.15, 0.2) is 76.5 Å². The van der Waals surface area contributed by atoms with Crippen molar-refractivity contribution in [2.75, 3.05) is 6.54 Å². The molecule has 2 aromatic heterocycles. The maximum Gasteiger partial charge on any atom is 0.309 e. The van der Waals surface area contributed by atoms with E-state index in [4.69, 9.17) is 16.0 Å². The summed E-state index contributed by atoms with van der Waals surface area (Å²) in [5, 5.41) is 4.01. The predicted octanol–water partition coefficient (Wildman–Crippen LogP) is 2.28. The third kappa shape index (κ3) is 5.25. The summed E-state index contributed by atoms with van der Waals surface area (Å²) in [5.74, 6) is -1.69. The van der Waals surface area contributed by atoms with Crippen molar-refractivity contribution in [3.8, 4) is 0 Å². The Morgan fingerprint density at radius 2 is 1.67 bits per heavy atom. The molecule has 1 atom stereocenters. The lowest BCUT2D eigenvalue weighted by atomic mass is 10.2. The van der Waals surface area contributed by atoms with E-state index in [9.17, 15) is 18.0 Å². The van der Waals surface area contributed by atoms with E-state index in [0.29, 0.717) is 5.02 Å². The first-order chi connectivity index (χ1) is 14.4. The van der Waals surface area contributed by atoms with Gasteiger partial charge in [-0.15, -0.1) is 0 Å². The van der Waals surface area contributed by atoms with Gasteiger partial charge in [-0.05, 0) is 54.1 Å². The molecule has 2 heterocycles. The second kappa shape index (κ2) is 9.55. The number of furan rings is 1. The number of amides is 2. The topological polar surface area (TPSA) is 118 Å². The summed E-state index contributed by atoms with van der Waals surface area (Å²) in [6.45, 7) is -0.209. The Balaban J connectivity index is 1.69. The molecule has 0 aliphatic carbocycles. The molecule has 3 rings (SSSR count). The van der Waals surface area contributed by atoms with Gasteiger partial charge in [0, 0.05) is 30.5 Å². The second-order valence-corrected chi connectivity index (χ2v) is 8.82. The van der Waals surface area contributed by atoms with E-state index in [1.807, 2.05) is 0 Å². The molecule has 0 fully saturated rings. The second-order valence-electron chi connectivity index (χ2n) is 6.25. The normalized spacial score (nSPS) is 12.2. The number of halogens is 1. The van der Waals surface area contributed by atoms with Gasteiger partial charge in [0.2, 0.25) is 0 Å². The zero-order chi connectivity index (χ0) is 21.6. The molecule has 2 amide bonds. The minimum absolute atomic E-state index is 0.0182. The smallest absolute Gasteiger partial charge is 0.309 e. The first-order valence-corrected chi connectivity index (χ1v) is 10.8. The average molecular weight is 448 g/mol. The quantitative estimate of drug-likeness (QED) is 0.536. The van der Waals surface area contributed by atoms with Crippen LogP contribution in [0.4, 0.5) is 0 Å². The first-order valence-electron chi connectivity index (χ1n) is 8.85. The van der Waals surface area contributed by atoms with Crippen LogP contribution in [0.25, 0.3) is 0 Å². The Hall–Kier alpha value is -3.17. The van der Waals surface area contributed by atoms with E-state index in [2.05, 4.69) is 15.6 Å². The molecule has 0 bridgehead atoms. The minimum Gasteiger partial charge on any atom is -0.468 e. The zero-order valence-electron chi connectivity index (χ0n) is 15.6. The van der Waals surface area contributed by atoms with Gasteiger partial charge in [-0.2, -0.15) is 0 Å². The molecule has 0 saturated heterocycles. The lowest BCUT2D eigenvalue weighted by Gasteiger charge is -2.16. The van der Waals surface area contributed by atoms with E-state index >= 15 is 0 Å². The number of nitrogens with zero attached hydrogens (tertiary/aromatic N) is 1. The van der Waals surface area contributed by atoms with Crippen molar-refractivity contribution in [3.05, 3.63) is 83.5 Å². The van der Waals surface area contributed by atoms with E-state index < -0.39 is 26.9 Å². The largest absolute Gasteiger partial charge is 0.468 e. The Morgan fingerprint density at radius 1 is 1.00 bits per heavy atom. The van der Waals surface area contributed by atoms with Crippen LogP contribution in [-0.4, -0.2) is 31.8 Å². The number of hydrogen-bond acceptors (Lipinski definition) is 6. The summed E-state index contributed by atoms with van der Waals surface area (Å²) in [5.41, 5.74) is 0.768. The van der Waals surface area contributed by atoms with Crippen LogP contribution in [0.1, 0.15) is 16.6 Å². The van der Waals surface area contributed by atoms with Gasteiger partial charge in [-0.1, -0.05) is 11.6 Å². The molecule has 10 heteroatoms. The molecule has 0 aliphatic rings. The summed E-state index contributed by atoms with van der Waals surface area (Å²) in [7, 11) is -3.92. The predicted molar refractivity (Wildman–Crippen MR) is 109 cm³/mol. The van der Waals surface area contributed by atoms with Crippen LogP contribution in [0.2, 0.25) is 5.02 Å². The molecule has 156 valence electrons. The van der Waals surface area contributed by atoms with Crippen LogP contribution >= 0.6 is 11.6 Å². The van der Waals surface area contributed by atoms with Crippen LogP contribution in [-0.2, 0) is 26.0 Å². The van der Waals surface area contributed by atoms with E-state index in [1.54, 1.807) is 30.6 Å². The molecule has 8 nitrogen and oxygen atoms in total. The molecular weight excluding hydrogens is 430 g/mol. The summed E-state index contributed by atoms with van der Waals surface area (Å²) < 4.78 is 31.4. The number of pyridine rings is 1. The third-order valence-electron chi connectivity index (χ3n) is 4.23. The van der Waals surface area contributed by atoms with Gasteiger partial charge in [0.1, 0.15) is 11.0 Å². The van der Waals surface area contributed by atoms with Crippen molar-refractivity contribution in [1.29, 1.82) is 0 Å². The number of hydrogen-bond donors (Lipinski definition) is 2. The summed E-state index contributed by atoms with van der Waals surface area (Å²) in [6, 6.07) is 12.1. The number of benzene rings is 1. The van der Waals surface area contributed by atoms with Gasteiger partial charge < -0.3 is 15.1 Å². The van der Waals surface area contributed by atoms with Gasteiger partial charge in [-0.3, -0.25) is 14.6 Å². The minimum atomic E-state index is -3.92. The fraction of sp³-hybridized carbons (Fsp3) is 0.150. The number of carbonyl (C=O) groups excluding carboxylic acids is 2. The zero-order valence-corrected chi connectivity index (χ0v) is 17.2. The monoisotopic (exact) mass is 447 g/mol. The molecule has 0 radical (unpaired) electrons. The van der Waals surface area contributed by atoms with Gasteiger partial charge in [-0.25, -0.2) is 8.42 Å². The van der Waals surface area contributed by atoms with Crippen LogP contribution in [0, 0.1) is 0 Å². The third-order valence-corrected chi connectivity index (χ3v) is 6.56. The maximum atomic E-state index is 13.1. The number of nitrogens with one attached hydrogen (secondary N) is 2. The Morgan fingerprint density at radius 3 is 2.30 bits per heavy atom. The van der Waals surface area contributed by atoms with Gasteiger partial charge in [0.05, 0.1) is 11.2 Å². The molecule has 3 aromatic rings. The molecule has 1 aromatic carbocycles. The van der Waals surface area contributed by atoms with Crippen LogP contribution in [0.5, 0.6) is 0 Å². The highest BCUT2D eigenvalue weighted by Crippen LogP contribution is 2.29. The average Bonchev–Trinajstić information content (AvgIpc) is 3.27. The molecular formula is C20H18ClN3O5S.